The van der Waals surface area contributed by atoms with Crippen LogP contribution in [0, 0.1) is 0 Å². The minimum atomic E-state index is -0.381. The predicted molar refractivity (Wildman–Crippen MR) is 80.7 cm³/mol. The number of hydrogen-bond acceptors (Lipinski definition) is 4. The van der Waals surface area contributed by atoms with Crippen molar-refractivity contribution in [2.24, 2.45) is 0 Å². The first-order valence-electron chi connectivity index (χ1n) is 7.18. The van der Waals surface area contributed by atoms with E-state index in [-0.39, 0.29) is 17.3 Å². The highest BCUT2D eigenvalue weighted by Crippen LogP contribution is 2.49. The number of anilines is 1. The molecule has 0 aromatic heterocycles. The number of amides is 1. The molecule has 0 aliphatic heterocycles. The second kappa shape index (κ2) is 6.16. The molecule has 1 aliphatic rings. The van der Waals surface area contributed by atoms with Crippen LogP contribution >= 0.6 is 0 Å². The van der Waals surface area contributed by atoms with Gasteiger partial charge in [-0.3, -0.25) is 9.59 Å². The number of nitrogen functional groups attached to an aromatic ring is 1. The molecule has 0 radical (unpaired) electrons. The van der Waals surface area contributed by atoms with Gasteiger partial charge >= 0.3 is 5.97 Å². The first-order valence-corrected chi connectivity index (χ1v) is 7.18. The standard InChI is InChI=1S/C16H22N2O3/c1-18(11-3-4-14(19)21-2)15(20)16(9-10-16)12-5-7-13(17)8-6-12/h5-8H,3-4,9-11,17H2,1-2H3. The van der Waals surface area contributed by atoms with Crippen LogP contribution in [0.1, 0.15) is 31.2 Å². The summed E-state index contributed by atoms with van der Waals surface area (Å²) in [5.41, 5.74) is 7.04. The molecule has 0 heterocycles. The zero-order valence-electron chi connectivity index (χ0n) is 12.6. The molecule has 1 saturated carbocycles. The van der Waals surface area contributed by atoms with E-state index in [1.54, 1.807) is 11.9 Å². The van der Waals surface area contributed by atoms with Gasteiger partial charge in [-0.1, -0.05) is 12.1 Å². The van der Waals surface area contributed by atoms with E-state index in [0.29, 0.717) is 25.1 Å². The van der Waals surface area contributed by atoms with Crippen molar-refractivity contribution in [3.05, 3.63) is 29.8 Å². The van der Waals surface area contributed by atoms with Gasteiger partial charge in [0.1, 0.15) is 0 Å². The third kappa shape index (κ3) is 3.35. The number of nitrogens with two attached hydrogens (primary N) is 1. The Hall–Kier alpha value is -2.04. The van der Waals surface area contributed by atoms with Crippen molar-refractivity contribution in [2.75, 3.05) is 26.4 Å². The van der Waals surface area contributed by atoms with Crippen LogP contribution in [0.25, 0.3) is 0 Å². The van der Waals surface area contributed by atoms with Crippen molar-refractivity contribution in [3.8, 4) is 0 Å². The van der Waals surface area contributed by atoms with E-state index in [4.69, 9.17) is 5.73 Å². The van der Waals surface area contributed by atoms with Crippen LogP contribution in [0.2, 0.25) is 0 Å². The largest absolute Gasteiger partial charge is 0.469 e. The lowest BCUT2D eigenvalue weighted by atomic mass is 9.94. The Kier molecular flexibility index (Phi) is 4.50. The fourth-order valence-corrected chi connectivity index (χ4v) is 2.58. The summed E-state index contributed by atoms with van der Waals surface area (Å²) in [7, 11) is 3.16. The molecule has 0 atom stereocenters. The summed E-state index contributed by atoms with van der Waals surface area (Å²) in [5, 5.41) is 0. The van der Waals surface area contributed by atoms with Crippen molar-refractivity contribution in [1.29, 1.82) is 0 Å². The van der Waals surface area contributed by atoms with Gasteiger partial charge in [0.25, 0.3) is 0 Å². The Morgan fingerprint density at radius 3 is 2.43 bits per heavy atom. The number of likely N-dealkylation sites (N-methyl/N-ethyl adjacent to an activating group) is 1. The monoisotopic (exact) mass is 290 g/mol. The number of hydrogen-bond donors (Lipinski definition) is 1. The maximum atomic E-state index is 12.6. The molecule has 2 rings (SSSR count). The normalized spacial score (nSPS) is 15.3. The highest BCUT2D eigenvalue weighted by Gasteiger charge is 2.52. The number of methoxy groups -OCH3 is 1. The second-order valence-corrected chi connectivity index (χ2v) is 5.61. The fraction of sp³-hybridized carbons (Fsp3) is 0.500. The number of benzene rings is 1. The minimum Gasteiger partial charge on any atom is -0.469 e. The van der Waals surface area contributed by atoms with E-state index in [0.717, 1.165) is 18.4 Å². The molecule has 1 aliphatic carbocycles. The first-order chi connectivity index (χ1) is 9.99. The molecule has 114 valence electrons. The average Bonchev–Trinajstić information content (AvgIpc) is 3.28. The molecule has 5 nitrogen and oxygen atoms in total. The van der Waals surface area contributed by atoms with Gasteiger partial charge in [-0.2, -0.15) is 0 Å². The Balaban J connectivity index is 1.95. The van der Waals surface area contributed by atoms with Crippen LogP contribution in [0.5, 0.6) is 0 Å². The van der Waals surface area contributed by atoms with Gasteiger partial charge in [0.05, 0.1) is 12.5 Å². The summed E-state index contributed by atoms with van der Waals surface area (Å²) in [4.78, 5) is 25.4. The molecule has 0 unspecified atom stereocenters. The Morgan fingerprint density at radius 2 is 1.90 bits per heavy atom. The van der Waals surface area contributed by atoms with Gasteiger partial charge in [0.15, 0.2) is 0 Å². The molecule has 5 heteroatoms. The summed E-state index contributed by atoms with van der Waals surface area (Å²) < 4.78 is 4.60. The van der Waals surface area contributed by atoms with Gasteiger partial charge < -0.3 is 15.4 Å². The Bertz CT molecular complexity index is 521. The molecule has 0 bridgehead atoms. The van der Waals surface area contributed by atoms with Crippen LogP contribution in [-0.2, 0) is 19.7 Å². The van der Waals surface area contributed by atoms with Crippen LogP contribution in [0.4, 0.5) is 5.69 Å². The molecule has 0 saturated heterocycles. The van der Waals surface area contributed by atoms with Gasteiger partial charge in [0.2, 0.25) is 5.91 Å². The van der Waals surface area contributed by atoms with Gasteiger partial charge in [-0.05, 0) is 37.0 Å². The number of carbonyl (C=O) groups excluding carboxylic acids is 2. The Labute approximate surface area is 125 Å². The lowest BCUT2D eigenvalue weighted by molar-refractivity contribution is -0.141. The van der Waals surface area contributed by atoms with E-state index in [2.05, 4.69) is 4.74 Å². The van der Waals surface area contributed by atoms with Crippen molar-refractivity contribution in [2.45, 2.75) is 31.1 Å². The summed E-state index contributed by atoms with van der Waals surface area (Å²) in [6, 6.07) is 7.53. The van der Waals surface area contributed by atoms with Gasteiger partial charge in [-0.15, -0.1) is 0 Å². The SMILES string of the molecule is COC(=O)CCCN(C)C(=O)C1(c2ccc(N)cc2)CC1. The molecular formula is C16H22N2O3. The highest BCUT2D eigenvalue weighted by molar-refractivity contribution is 5.91. The maximum Gasteiger partial charge on any atom is 0.305 e. The van der Waals surface area contributed by atoms with E-state index in [9.17, 15) is 9.59 Å². The summed E-state index contributed by atoms with van der Waals surface area (Å²) in [6.07, 6.45) is 2.70. The predicted octanol–water partition coefficient (Wildman–Crippen LogP) is 1.71. The molecule has 1 fully saturated rings. The lowest BCUT2D eigenvalue weighted by Crippen LogP contribution is -2.37. The van der Waals surface area contributed by atoms with E-state index >= 15 is 0 Å². The van der Waals surface area contributed by atoms with Crippen molar-refractivity contribution in [1.82, 2.24) is 4.90 Å². The average molecular weight is 290 g/mol. The molecule has 1 amide bonds. The topological polar surface area (TPSA) is 72.6 Å². The minimum absolute atomic E-state index is 0.122. The molecule has 0 spiro atoms. The summed E-state index contributed by atoms with van der Waals surface area (Å²) in [5.74, 6) is -0.118. The summed E-state index contributed by atoms with van der Waals surface area (Å²) >= 11 is 0. The van der Waals surface area contributed by atoms with E-state index < -0.39 is 0 Å². The second-order valence-electron chi connectivity index (χ2n) is 5.61. The quantitative estimate of drug-likeness (QED) is 0.639. The number of rotatable bonds is 6. The smallest absolute Gasteiger partial charge is 0.305 e. The van der Waals surface area contributed by atoms with Crippen LogP contribution in [-0.4, -0.2) is 37.5 Å². The van der Waals surface area contributed by atoms with Gasteiger partial charge in [0, 0.05) is 25.7 Å². The summed E-state index contributed by atoms with van der Waals surface area (Å²) in [6.45, 7) is 0.560. The number of esters is 1. The fourth-order valence-electron chi connectivity index (χ4n) is 2.58. The zero-order chi connectivity index (χ0) is 15.5. The van der Waals surface area contributed by atoms with Gasteiger partial charge in [-0.25, -0.2) is 0 Å². The molecule has 1 aromatic carbocycles. The van der Waals surface area contributed by atoms with Crippen molar-refractivity contribution >= 4 is 17.6 Å². The number of carbonyl (C=O) groups is 2. The van der Waals surface area contributed by atoms with Crippen LogP contribution in [0.3, 0.4) is 0 Å². The first kappa shape index (κ1) is 15.4. The van der Waals surface area contributed by atoms with Crippen molar-refractivity contribution in [3.63, 3.8) is 0 Å². The van der Waals surface area contributed by atoms with Crippen LogP contribution < -0.4 is 5.73 Å². The zero-order valence-corrected chi connectivity index (χ0v) is 12.6. The van der Waals surface area contributed by atoms with E-state index in [1.165, 1.54) is 7.11 Å². The third-order valence-electron chi connectivity index (χ3n) is 4.07. The number of ether oxygens (including phenoxy) is 1. The van der Waals surface area contributed by atoms with E-state index in [1.807, 2.05) is 24.3 Å². The van der Waals surface area contributed by atoms with Crippen molar-refractivity contribution < 1.29 is 14.3 Å². The molecule has 2 N–H and O–H groups in total. The molecule has 1 aromatic rings. The molecular weight excluding hydrogens is 268 g/mol. The third-order valence-corrected chi connectivity index (χ3v) is 4.07. The lowest BCUT2D eigenvalue weighted by Gasteiger charge is -2.24. The maximum absolute atomic E-state index is 12.6. The molecule has 21 heavy (non-hydrogen) atoms. The number of nitrogens with zero attached hydrogens (tertiary/aromatic N) is 1. The van der Waals surface area contributed by atoms with Crippen LogP contribution in [0.15, 0.2) is 24.3 Å². The highest BCUT2D eigenvalue weighted by atomic mass is 16.5. The Morgan fingerprint density at radius 1 is 1.29 bits per heavy atom.